The molecule has 0 aromatic carbocycles. The summed E-state index contributed by atoms with van der Waals surface area (Å²) in [5, 5.41) is 0. The number of H-pyrrole nitrogens is 1. The number of imidazole rings is 1. The molecule has 0 unspecified atom stereocenters. The average molecular weight is 194 g/mol. The van der Waals surface area contributed by atoms with Crippen LogP contribution in [0.5, 0.6) is 0 Å². The molecule has 0 atom stereocenters. The number of aromatic amines is 1. The largest absolute Gasteiger partial charge is 0.353 e. The molecule has 2 aromatic rings. The lowest BCUT2D eigenvalue weighted by Crippen LogP contribution is -1.79. The molecule has 0 bridgehead atoms. The second-order valence-corrected chi connectivity index (χ2v) is 2.60. The van der Waals surface area contributed by atoms with E-state index in [1.54, 1.807) is 12.5 Å². The summed E-state index contributed by atoms with van der Waals surface area (Å²) in [7, 11) is 0. The Morgan fingerprint density at radius 2 is 2.07 bits per heavy atom. The van der Waals surface area contributed by atoms with Crippen LogP contribution in [0.25, 0.3) is 11.2 Å². The van der Waals surface area contributed by atoms with Gasteiger partial charge in [-0.1, -0.05) is 0 Å². The molecule has 3 heterocycles. The van der Waals surface area contributed by atoms with E-state index in [2.05, 4.69) is 19.9 Å². The molecule has 0 spiro atoms. The highest BCUT2D eigenvalue weighted by Gasteiger charge is 1.94. The fourth-order valence-electron chi connectivity index (χ4n) is 0.985. The first-order chi connectivity index (χ1) is 6.97. The van der Waals surface area contributed by atoms with Crippen molar-refractivity contribution in [2.75, 3.05) is 20.0 Å². The lowest BCUT2D eigenvalue weighted by Gasteiger charge is -1.80. The number of ether oxygens (including phenoxy) is 2. The minimum absolute atomic E-state index is 0.500. The first kappa shape index (κ1) is 9.04. The van der Waals surface area contributed by atoms with Crippen LogP contribution in [0.15, 0.2) is 18.9 Å². The van der Waals surface area contributed by atoms with Gasteiger partial charge in [0.15, 0.2) is 5.65 Å². The Bertz CT molecular complexity index is 348. The van der Waals surface area contributed by atoms with Crippen molar-refractivity contribution in [3.05, 3.63) is 18.9 Å². The molecule has 0 amide bonds. The molecule has 3 rings (SSSR count). The molecule has 1 saturated heterocycles. The van der Waals surface area contributed by atoms with Crippen molar-refractivity contribution in [3.63, 3.8) is 0 Å². The van der Waals surface area contributed by atoms with Crippen molar-refractivity contribution in [2.45, 2.75) is 0 Å². The normalized spacial score (nSPS) is 15.1. The summed E-state index contributed by atoms with van der Waals surface area (Å²) in [6.45, 7) is 2.06. The highest BCUT2D eigenvalue weighted by molar-refractivity contribution is 5.67. The minimum Gasteiger partial charge on any atom is -0.353 e. The van der Waals surface area contributed by atoms with Crippen LogP contribution in [-0.2, 0) is 9.47 Å². The smallest absolute Gasteiger partial charge is 0.180 e. The lowest BCUT2D eigenvalue weighted by atomic mass is 10.6. The van der Waals surface area contributed by atoms with Crippen molar-refractivity contribution >= 4 is 11.2 Å². The second-order valence-electron chi connectivity index (χ2n) is 2.60. The number of rotatable bonds is 0. The standard InChI is InChI=1S/C5H4N4.C3H6O2/c1-4-5(8-2-6-1)9-3-7-4;1-2-5-3-4-1/h1-3H,(H,6,7,8,9);1-3H2. The summed E-state index contributed by atoms with van der Waals surface area (Å²) >= 11 is 0. The lowest BCUT2D eigenvalue weighted by molar-refractivity contribution is 0.0692. The van der Waals surface area contributed by atoms with E-state index in [1.165, 1.54) is 6.33 Å². The van der Waals surface area contributed by atoms with Crippen LogP contribution in [0.2, 0.25) is 0 Å². The number of hydrogen-bond acceptors (Lipinski definition) is 5. The number of hydrogen-bond donors (Lipinski definition) is 1. The highest BCUT2D eigenvalue weighted by Crippen LogP contribution is 1.99. The van der Waals surface area contributed by atoms with E-state index in [9.17, 15) is 0 Å². The second kappa shape index (κ2) is 4.64. The van der Waals surface area contributed by atoms with Crippen molar-refractivity contribution in [1.82, 2.24) is 19.9 Å². The highest BCUT2D eigenvalue weighted by atomic mass is 16.7. The molecule has 2 aromatic heterocycles. The summed E-state index contributed by atoms with van der Waals surface area (Å²) in [6.07, 6.45) is 4.76. The third-order valence-corrected chi connectivity index (χ3v) is 1.64. The summed E-state index contributed by atoms with van der Waals surface area (Å²) in [5.74, 6) is 0. The maximum atomic E-state index is 4.72. The van der Waals surface area contributed by atoms with Crippen LogP contribution in [0.3, 0.4) is 0 Å². The number of nitrogens with zero attached hydrogens (tertiary/aromatic N) is 3. The zero-order chi connectivity index (χ0) is 9.64. The van der Waals surface area contributed by atoms with E-state index in [1.807, 2.05) is 0 Å². The molecule has 14 heavy (non-hydrogen) atoms. The first-order valence-electron chi connectivity index (χ1n) is 4.21. The molecule has 1 aliphatic rings. The predicted molar refractivity (Wildman–Crippen MR) is 48.5 cm³/mol. The van der Waals surface area contributed by atoms with Crippen molar-refractivity contribution < 1.29 is 9.47 Å². The Kier molecular flexibility index (Phi) is 2.99. The van der Waals surface area contributed by atoms with Crippen LogP contribution in [0, 0.1) is 0 Å². The molecule has 74 valence electrons. The third kappa shape index (κ3) is 2.24. The zero-order valence-electron chi connectivity index (χ0n) is 7.51. The summed E-state index contributed by atoms with van der Waals surface area (Å²) in [4.78, 5) is 14.5. The Morgan fingerprint density at radius 3 is 2.71 bits per heavy atom. The van der Waals surface area contributed by atoms with Crippen molar-refractivity contribution in [1.29, 1.82) is 0 Å². The van der Waals surface area contributed by atoms with Gasteiger partial charge < -0.3 is 14.5 Å². The number of nitrogens with one attached hydrogen (secondary N) is 1. The molecule has 0 saturated carbocycles. The number of fused-ring (bicyclic) bond motifs is 1. The van der Waals surface area contributed by atoms with Gasteiger partial charge in [-0.2, -0.15) is 0 Å². The molecule has 6 nitrogen and oxygen atoms in total. The molecule has 6 heteroatoms. The van der Waals surface area contributed by atoms with Gasteiger partial charge in [0.05, 0.1) is 25.7 Å². The van der Waals surface area contributed by atoms with Gasteiger partial charge in [-0.05, 0) is 0 Å². The van der Waals surface area contributed by atoms with Crippen LogP contribution < -0.4 is 0 Å². The van der Waals surface area contributed by atoms with Gasteiger partial charge in [-0.3, -0.25) is 0 Å². The van der Waals surface area contributed by atoms with E-state index in [4.69, 9.17) is 9.47 Å². The molecular weight excluding hydrogens is 184 g/mol. The van der Waals surface area contributed by atoms with Crippen LogP contribution >= 0.6 is 0 Å². The molecule has 1 aliphatic heterocycles. The van der Waals surface area contributed by atoms with E-state index >= 15 is 0 Å². The van der Waals surface area contributed by atoms with E-state index < -0.39 is 0 Å². The van der Waals surface area contributed by atoms with Crippen LogP contribution in [-0.4, -0.2) is 39.9 Å². The zero-order valence-corrected chi connectivity index (χ0v) is 7.51. The van der Waals surface area contributed by atoms with Gasteiger partial charge in [0.1, 0.15) is 18.6 Å². The average Bonchev–Trinajstić information content (AvgIpc) is 2.92. The molecule has 0 radical (unpaired) electrons. The molecule has 0 aliphatic carbocycles. The van der Waals surface area contributed by atoms with Gasteiger partial charge >= 0.3 is 0 Å². The van der Waals surface area contributed by atoms with Crippen molar-refractivity contribution in [3.8, 4) is 0 Å². The van der Waals surface area contributed by atoms with Gasteiger partial charge in [-0.15, -0.1) is 0 Å². The van der Waals surface area contributed by atoms with Crippen molar-refractivity contribution in [2.24, 2.45) is 0 Å². The topological polar surface area (TPSA) is 72.9 Å². The fourth-order valence-corrected chi connectivity index (χ4v) is 0.985. The summed E-state index contributed by atoms with van der Waals surface area (Å²) < 4.78 is 9.44. The Labute approximate surface area is 80.3 Å². The van der Waals surface area contributed by atoms with Gasteiger partial charge in [0, 0.05) is 0 Å². The summed E-state index contributed by atoms with van der Waals surface area (Å²) in [5.41, 5.74) is 1.59. The van der Waals surface area contributed by atoms with Gasteiger partial charge in [-0.25, -0.2) is 15.0 Å². The predicted octanol–water partition coefficient (Wildman–Crippen LogP) is 0.344. The maximum Gasteiger partial charge on any atom is 0.180 e. The Hall–Kier alpha value is -1.53. The Morgan fingerprint density at radius 1 is 1.21 bits per heavy atom. The molecule has 1 N–H and O–H groups in total. The molecule has 1 fully saturated rings. The molecular formula is C8H10N4O2. The van der Waals surface area contributed by atoms with Crippen LogP contribution in [0.1, 0.15) is 0 Å². The number of aromatic nitrogens is 4. The van der Waals surface area contributed by atoms with E-state index in [-0.39, 0.29) is 0 Å². The van der Waals surface area contributed by atoms with E-state index in [0.717, 1.165) is 18.7 Å². The third-order valence-electron chi connectivity index (χ3n) is 1.64. The van der Waals surface area contributed by atoms with Crippen LogP contribution in [0.4, 0.5) is 0 Å². The van der Waals surface area contributed by atoms with Gasteiger partial charge in [0.25, 0.3) is 0 Å². The quantitative estimate of drug-likeness (QED) is 0.654. The summed E-state index contributed by atoms with van der Waals surface area (Å²) in [6, 6.07) is 0. The minimum atomic E-state index is 0.500. The van der Waals surface area contributed by atoms with E-state index in [0.29, 0.717) is 12.4 Å². The first-order valence-corrected chi connectivity index (χ1v) is 4.21. The SMILES string of the molecule is C1COCO1.c1ncc2[nH]cnc2n1. The van der Waals surface area contributed by atoms with Gasteiger partial charge in [0.2, 0.25) is 0 Å². The fraction of sp³-hybridized carbons (Fsp3) is 0.375. The maximum absolute atomic E-state index is 4.72. The monoisotopic (exact) mass is 194 g/mol. The Balaban J connectivity index is 0.000000128.